The fraction of sp³-hybridized carbons (Fsp3) is 0.722. The fourth-order valence-electron chi connectivity index (χ4n) is 2.48. The molecule has 13 nitrogen and oxygen atoms in total. The number of aliphatic hydroxyl groups is 2. The van der Waals surface area contributed by atoms with Crippen molar-refractivity contribution >= 4 is 41.4 Å². The number of rotatable bonds is 15. The van der Waals surface area contributed by atoms with Gasteiger partial charge in [0.1, 0.15) is 12.1 Å². The Balaban J connectivity index is 5.34. The molecule has 0 fully saturated rings. The van der Waals surface area contributed by atoms with Crippen molar-refractivity contribution in [1.29, 1.82) is 0 Å². The molecule has 9 N–H and O–H groups in total. The first-order chi connectivity index (χ1) is 14.8. The van der Waals surface area contributed by atoms with Crippen LogP contribution >= 0.6 is 11.8 Å². The van der Waals surface area contributed by atoms with Gasteiger partial charge in [-0.3, -0.25) is 19.2 Å². The predicted octanol–water partition coefficient (Wildman–Crippen LogP) is -2.77. The Hall–Kier alpha value is -2.42. The molecule has 0 aliphatic rings. The van der Waals surface area contributed by atoms with Gasteiger partial charge >= 0.3 is 11.9 Å². The van der Waals surface area contributed by atoms with Crippen molar-refractivity contribution in [3.63, 3.8) is 0 Å². The summed E-state index contributed by atoms with van der Waals surface area (Å²) in [7, 11) is 0. The van der Waals surface area contributed by atoms with Gasteiger partial charge in [0.25, 0.3) is 0 Å². The Bertz CT molecular complexity index is 675. The first-order valence-corrected chi connectivity index (χ1v) is 11.2. The van der Waals surface area contributed by atoms with Crippen molar-refractivity contribution in [2.75, 3.05) is 12.0 Å². The Morgan fingerprint density at radius 2 is 1.38 bits per heavy atom. The van der Waals surface area contributed by atoms with E-state index in [1.165, 1.54) is 25.6 Å². The lowest BCUT2D eigenvalue weighted by molar-refractivity contribution is -0.145. The number of hydrogen-bond acceptors (Lipinski definition) is 9. The van der Waals surface area contributed by atoms with E-state index in [0.717, 1.165) is 0 Å². The predicted molar refractivity (Wildman–Crippen MR) is 115 cm³/mol. The van der Waals surface area contributed by atoms with Crippen LogP contribution in [0.4, 0.5) is 0 Å². The van der Waals surface area contributed by atoms with Crippen LogP contribution < -0.4 is 21.7 Å². The van der Waals surface area contributed by atoms with E-state index in [2.05, 4.69) is 16.0 Å². The van der Waals surface area contributed by atoms with Crippen LogP contribution in [-0.4, -0.2) is 98.5 Å². The molecule has 0 saturated carbocycles. The molecule has 6 unspecified atom stereocenters. The summed E-state index contributed by atoms with van der Waals surface area (Å²) in [5.41, 5.74) is 5.61. The molecule has 14 heteroatoms. The minimum absolute atomic E-state index is 0.101. The third kappa shape index (κ3) is 10.7. The summed E-state index contributed by atoms with van der Waals surface area (Å²) in [6.07, 6.45) is -1.49. The number of nitrogens with two attached hydrogens (primary N) is 1. The van der Waals surface area contributed by atoms with Crippen LogP contribution in [0, 0.1) is 0 Å². The summed E-state index contributed by atoms with van der Waals surface area (Å²) >= 11 is 1.36. The SMILES string of the molecule is CSCCC(NC(=O)C(NC(=O)C(N)CCC(=O)O)C(C)O)C(=O)NC(C(=O)O)C(C)O. The van der Waals surface area contributed by atoms with Gasteiger partial charge in [0, 0.05) is 6.42 Å². The molecule has 0 heterocycles. The van der Waals surface area contributed by atoms with E-state index in [0.29, 0.717) is 5.75 Å². The maximum absolute atomic E-state index is 12.7. The van der Waals surface area contributed by atoms with Crippen molar-refractivity contribution in [3.05, 3.63) is 0 Å². The van der Waals surface area contributed by atoms with Crippen molar-refractivity contribution in [1.82, 2.24) is 16.0 Å². The number of nitrogens with one attached hydrogen (secondary N) is 3. The molecule has 0 saturated heterocycles. The Morgan fingerprint density at radius 1 is 0.844 bits per heavy atom. The van der Waals surface area contributed by atoms with E-state index in [1.807, 2.05) is 0 Å². The van der Waals surface area contributed by atoms with E-state index in [-0.39, 0.29) is 19.3 Å². The number of amides is 3. The molecule has 32 heavy (non-hydrogen) atoms. The smallest absolute Gasteiger partial charge is 0.328 e. The standard InChI is InChI=1S/C18H32N4O9S/c1-8(23)13(21-15(27)10(19)4-5-12(25)26)17(29)20-11(6-7-32-3)16(28)22-14(9(2)24)18(30)31/h8-11,13-14,23-24H,4-7,19H2,1-3H3,(H,20,29)(H,21,27)(H,22,28)(H,25,26)(H,30,31). The largest absolute Gasteiger partial charge is 0.481 e. The first-order valence-electron chi connectivity index (χ1n) is 9.78. The van der Waals surface area contributed by atoms with E-state index in [1.54, 1.807) is 6.26 Å². The van der Waals surface area contributed by atoms with Gasteiger partial charge in [0.15, 0.2) is 6.04 Å². The monoisotopic (exact) mass is 480 g/mol. The molecule has 0 spiro atoms. The number of carboxylic acid groups (broad SMARTS) is 2. The number of aliphatic hydroxyl groups excluding tert-OH is 2. The summed E-state index contributed by atoms with van der Waals surface area (Å²) in [5.74, 6) is -4.86. The highest BCUT2D eigenvalue weighted by molar-refractivity contribution is 7.98. The average Bonchev–Trinajstić information content (AvgIpc) is 2.69. The second kappa shape index (κ2) is 14.6. The zero-order chi connectivity index (χ0) is 25.0. The van der Waals surface area contributed by atoms with Gasteiger partial charge in [-0.25, -0.2) is 4.79 Å². The van der Waals surface area contributed by atoms with Crippen LogP contribution in [0.25, 0.3) is 0 Å². The van der Waals surface area contributed by atoms with Crippen molar-refractivity contribution in [3.8, 4) is 0 Å². The fourth-order valence-corrected chi connectivity index (χ4v) is 2.96. The molecular weight excluding hydrogens is 448 g/mol. The molecule has 0 radical (unpaired) electrons. The summed E-state index contributed by atoms with van der Waals surface area (Å²) in [5, 5.41) is 44.0. The van der Waals surface area contributed by atoms with Gasteiger partial charge in [-0.2, -0.15) is 11.8 Å². The van der Waals surface area contributed by atoms with Gasteiger partial charge in [0.2, 0.25) is 17.7 Å². The molecule has 0 aliphatic heterocycles. The van der Waals surface area contributed by atoms with Gasteiger partial charge in [-0.15, -0.1) is 0 Å². The highest BCUT2D eigenvalue weighted by Gasteiger charge is 2.33. The molecule has 0 bridgehead atoms. The lowest BCUT2D eigenvalue weighted by Crippen LogP contribution is -2.60. The number of hydrogen-bond donors (Lipinski definition) is 8. The number of carbonyl (C=O) groups excluding carboxylic acids is 3. The molecule has 0 rings (SSSR count). The van der Waals surface area contributed by atoms with Crippen molar-refractivity contribution in [2.24, 2.45) is 5.73 Å². The average molecular weight is 481 g/mol. The summed E-state index contributed by atoms with van der Waals surface area (Å²) < 4.78 is 0. The molecular formula is C18H32N4O9S. The zero-order valence-electron chi connectivity index (χ0n) is 18.1. The highest BCUT2D eigenvalue weighted by atomic mass is 32.2. The molecule has 3 amide bonds. The van der Waals surface area contributed by atoms with E-state index >= 15 is 0 Å². The Morgan fingerprint density at radius 3 is 1.81 bits per heavy atom. The van der Waals surface area contributed by atoms with Crippen molar-refractivity contribution < 1.29 is 44.4 Å². The summed E-state index contributed by atoms with van der Waals surface area (Å²) in [6.45, 7) is 2.40. The summed E-state index contributed by atoms with van der Waals surface area (Å²) in [6, 6.07) is -5.56. The maximum Gasteiger partial charge on any atom is 0.328 e. The lowest BCUT2D eigenvalue weighted by Gasteiger charge is -2.26. The third-order valence-corrected chi connectivity index (χ3v) is 5.00. The van der Waals surface area contributed by atoms with Gasteiger partial charge in [0.05, 0.1) is 18.2 Å². The van der Waals surface area contributed by atoms with Crippen LogP contribution in [-0.2, 0) is 24.0 Å². The molecule has 0 aromatic rings. The van der Waals surface area contributed by atoms with Crippen LogP contribution in [0.5, 0.6) is 0 Å². The molecule has 0 aromatic carbocycles. The van der Waals surface area contributed by atoms with Crippen LogP contribution in [0.3, 0.4) is 0 Å². The minimum Gasteiger partial charge on any atom is -0.481 e. The number of carbonyl (C=O) groups is 5. The van der Waals surface area contributed by atoms with Gasteiger partial charge < -0.3 is 42.1 Å². The van der Waals surface area contributed by atoms with Crippen LogP contribution in [0.1, 0.15) is 33.1 Å². The number of carboxylic acids is 2. The second-order valence-electron chi connectivity index (χ2n) is 7.17. The Labute approximate surface area is 189 Å². The molecule has 6 atom stereocenters. The van der Waals surface area contributed by atoms with Crippen LogP contribution in [0.15, 0.2) is 0 Å². The third-order valence-electron chi connectivity index (χ3n) is 4.36. The quantitative estimate of drug-likeness (QED) is 0.120. The normalized spacial score (nSPS) is 16.6. The zero-order valence-corrected chi connectivity index (χ0v) is 18.9. The van der Waals surface area contributed by atoms with E-state index in [9.17, 15) is 34.2 Å². The van der Waals surface area contributed by atoms with Crippen molar-refractivity contribution in [2.45, 2.75) is 69.5 Å². The topological polar surface area (TPSA) is 228 Å². The van der Waals surface area contributed by atoms with Crippen LogP contribution in [0.2, 0.25) is 0 Å². The van der Waals surface area contributed by atoms with Gasteiger partial charge in [-0.05, 0) is 38.7 Å². The first kappa shape index (κ1) is 29.6. The second-order valence-corrected chi connectivity index (χ2v) is 8.16. The number of aliphatic carboxylic acids is 2. The highest BCUT2D eigenvalue weighted by Crippen LogP contribution is 2.05. The molecule has 0 aromatic heterocycles. The Kier molecular flexibility index (Phi) is 13.5. The number of thioether (sulfide) groups is 1. The lowest BCUT2D eigenvalue weighted by atomic mass is 10.1. The van der Waals surface area contributed by atoms with Gasteiger partial charge in [-0.1, -0.05) is 0 Å². The molecule has 0 aliphatic carbocycles. The molecule has 184 valence electrons. The maximum atomic E-state index is 12.7. The summed E-state index contributed by atoms with van der Waals surface area (Å²) in [4.78, 5) is 59.2. The van der Waals surface area contributed by atoms with E-state index in [4.69, 9.17) is 15.9 Å². The van der Waals surface area contributed by atoms with E-state index < -0.39 is 66.0 Å². The minimum atomic E-state index is -1.60.